The summed E-state index contributed by atoms with van der Waals surface area (Å²) in [7, 11) is 0. The van der Waals surface area contributed by atoms with Crippen LogP contribution in [0, 0.1) is 0 Å². The van der Waals surface area contributed by atoms with E-state index in [-0.39, 0.29) is 5.60 Å². The van der Waals surface area contributed by atoms with Gasteiger partial charge >= 0.3 is 0 Å². The van der Waals surface area contributed by atoms with Gasteiger partial charge in [-0.05, 0) is 49.8 Å². The van der Waals surface area contributed by atoms with E-state index in [4.69, 9.17) is 9.47 Å². The Labute approximate surface area is 122 Å². The zero-order chi connectivity index (χ0) is 13.8. The number of rotatable bonds is 4. The summed E-state index contributed by atoms with van der Waals surface area (Å²) in [4.78, 5) is 0. The van der Waals surface area contributed by atoms with Crippen molar-refractivity contribution >= 4 is 0 Å². The van der Waals surface area contributed by atoms with E-state index in [1.54, 1.807) is 0 Å². The maximum absolute atomic E-state index is 6.33. The number of hydrogen-bond donors (Lipinski definition) is 0. The van der Waals surface area contributed by atoms with Crippen molar-refractivity contribution in [2.45, 2.75) is 70.0 Å². The molecular weight excluding hydrogens is 248 g/mol. The summed E-state index contributed by atoms with van der Waals surface area (Å²) in [6.45, 7) is 2.87. The minimum Gasteiger partial charge on any atom is -0.491 e. The minimum atomic E-state index is 0.207. The average molecular weight is 274 g/mol. The van der Waals surface area contributed by atoms with Gasteiger partial charge in [-0.3, -0.25) is 0 Å². The second kappa shape index (κ2) is 6.17. The largest absolute Gasteiger partial charge is 0.491 e. The fourth-order valence-corrected chi connectivity index (χ4v) is 3.59. The number of aryl methyl sites for hydroxylation is 1. The van der Waals surface area contributed by atoms with Gasteiger partial charge < -0.3 is 9.47 Å². The molecule has 2 nitrogen and oxygen atoms in total. The minimum absolute atomic E-state index is 0.207. The molecule has 2 aliphatic rings. The van der Waals surface area contributed by atoms with E-state index in [1.165, 1.54) is 44.1 Å². The highest BCUT2D eigenvalue weighted by molar-refractivity contribution is 5.27. The van der Waals surface area contributed by atoms with Crippen LogP contribution in [0.4, 0.5) is 0 Å². The molecule has 1 aromatic carbocycles. The van der Waals surface area contributed by atoms with Crippen molar-refractivity contribution in [3.63, 3.8) is 0 Å². The van der Waals surface area contributed by atoms with Gasteiger partial charge in [-0.2, -0.15) is 0 Å². The van der Waals surface area contributed by atoms with Crippen LogP contribution in [0.1, 0.15) is 57.4 Å². The summed E-state index contributed by atoms with van der Waals surface area (Å²) in [6.07, 6.45) is 10.3. The van der Waals surface area contributed by atoms with Crippen molar-refractivity contribution < 1.29 is 9.47 Å². The average Bonchev–Trinajstić information content (AvgIpc) is 2.89. The van der Waals surface area contributed by atoms with Gasteiger partial charge in [0, 0.05) is 0 Å². The van der Waals surface area contributed by atoms with E-state index in [0.29, 0.717) is 12.7 Å². The highest BCUT2D eigenvalue weighted by atomic mass is 16.6. The maximum atomic E-state index is 6.33. The number of benzene rings is 1. The molecule has 3 rings (SSSR count). The Balaban J connectivity index is 1.49. The smallest absolute Gasteiger partial charge is 0.119 e. The molecular formula is C18H26O2. The first-order valence-electron chi connectivity index (χ1n) is 8.19. The van der Waals surface area contributed by atoms with E-state index in [9.17, 15) is 0 Å². The van der Waals surface area contributed by atoms with Crippen LogP contribution in [0.25, 0.3) is 0 Å². The SMILES string of the molecule is CCc1ccc(OCC2CCC3(CCCCC3)O2)cc1. The molecule has 1 unspecified atom stereocenters. The van der Waals surface area contributed by atoms with Crippen molar-refractivity contribution in [3.8, 4) is 5.75 Å². The predicted molar refractivity (Wildman–Crippen MR) is 81.2 cm³/mol. The van der Waals surface area contributed by atoms with Crippen LogP contribution in [0.3, 0.4) is 0 Å². The molecule has 1 heterocycles. The monoisotopic (exact) mass is 274 g/mol. The molecule has 110 valence electrons. The quantitative estimate of drug-likeness (QED) is 0.804. The summed E-state index contributed by atoms with van der Waals surface area (Å²) < 4.78 is 12.2. The summed E-state index contributed by atoms with van der Waals surface area (Å²) in [5.74, 6) is 0.968. The van der Waals surface area contributed by atoms with Gasteiger partial charge in [-0.15, -0.1) is 0 Å². The lowest BCUT2D eigenvalue weighted by molar-refractivity contribution is -0.0748. The summed E-state index contributed by atoms with van der Waals surface area (Å²) in [5, 5.41) is 0. The standard InChI is InChI=1S/C18H26O2/c1-2-15-6-8-16(9-7-15)19-14-17-10-13-18(20-17)11-4-3-5-12-18/h6-9,17H,2-5,10-14H2,1H3. The van der Waals surface area contributed by atoms with E-state index in [0.717, 1.165) is 18.6 Å². The van der Waals surface area contributed by atoms with Crippen LogP contribution in [0.5, 0.6) is 5.75 Å². The van der Waals surface area contributed by atoms with Crippen LogP contribution in [0.2, 0.25) is 0 Å². The topological polar surface area (TPSA) is 18.5 Å². The molecule has 1 atom stereocenters. The lowest BCUT2D eigenvalue weighted by Crippen LogP contribution is -2.32. The molecule has 1 saturated carbocycles. The molecule has 0 aromatic heterocycles. The molecule has 2 heteroatoms. The lowest BCUT2D eigenvalue weighted by Gasteiger charge is -2.33. The summed E-state index contributed by atoms with van der Waals surface area (Å²) in [5.41, 5.74) is 1.56. The zero-order valence-electron chi connectivity index (χ0n) is 12.6. The van der Waals surface area contributed by atoms with Crippen LogP contribution in [0.15, 0.2) is 24.3 Å². The van der Waals surface area contributed by atoms with Crippen molar-refractivity contribution in [1.29, 1.82) is 0 Å². The maximum Gasteiger partial charge on any atom is 0.119 e. The predicted octanol–water partition coefficient (Wildman–Crippen LogP) is 4.51. The Morgan fingerprint density at radius 2 is 1.85 bits per heavy atom. The third-order valence-corrected chi connectivity index (χ3v) is 4.87. The first kappa shape index (κ1) is 13.9. The van der Waals surface area contributed by atoms with Gasteiger partial charge in [0.25, 0.3) is 0 Å². The van der Waals surface area contributed by atoms with E-state index in [1.807, 2.05) is 0 Å². The molecule has 1 saturated heterocycles. The van der Waals surface area contributed by atoms with Crippen LogP contribution < -0.4 is 4.74 Å². The number of hydrogen-bond acceptors (Lipinski definition) is 2. The van der Waals surface area contributed by atoms with Gasteiger partial charge in [0.15, 0.2) is 0 Å². The highest BCUT2D eigenvalue weighted by Crippen LogP contribution is 2.41. The summed E-state index contributed by atoms with van der Waals surface area (Å²) in [6, 6.07) is 8.44. The Morgan fingerprint density at radius 1 is 1.10 bits per heavy atom. The third kappa shape index (κ3) is 3.17. The van der Waals surface area contributed by atoms with Gasteiger partial charge in [0.1, 0.15) is 12.4 Å². The Morgan fingerprint density at radius 3 is 2.55 bits per heavy atom. The molecule has 1 spiro atoms. The zero-order valence-corrected chi connectivity index (χ0v) is 12.6. The highest BCUT2D eigenvalue weighted by Gasteiger charge is 2.40. The van der Waals surface area contributed by atoms with Crippen molar-refractivity contribution in [3.05, 3.63) is 29.8 Å². The molecule has 1 aliphatic carbocycles. The normalized spacial score (nSPS) is 24.9. The van der Waals surface area contributed by atoms with E-state index >= 15 is 0 Å². The number of ether oxygens (including phenoxy) is 2. The molecule has 1 aliphatic heterocycles. The fraction of sp³-hybridized carbons (Fsp3) is 0.667. The molecule has 2 fully saturated rings. The van der Waals surface area contributed by atoms with E-state index < -0.39 is 0 Å². The van der Waals surface area contributed by atoms with Gasteiger partial charge in [-0.25, -0.2) is 0 Å². The molecule has 0 bridgehead atoms. The fourth-order valence-electron chi connectivity index (χ4n) is 3.59. The van der Waals surface area contributed by atoms with Crippen molar-refractivity contribution in [1.82, 2.24) is 0 Å². The lowest BCUT2D eigenvalue weighted by atomic mass is 9.83. The van der Waals surface area contributed by atoms with Crippen LogP contribution in [-0.2, 0) is 11.2 Å². The molecule has 0 amide bonds. The molecule has 0 N–H and O–H groups in total. The first-order valence-corrected chi connectivity index (χ1v) is 8.19. The second-order valence-electron chi connectivity index (χ2n) is 6.33. The molecule has 0 radical (unpaired) electrons. The first-order chi connectivity index (χ1) is 9.80. The van der Waals surface area contributed by atoms with Crippen molar-refractivity contribution in [2.24, 2.45) is 0 Å². The van der Waals surface area contributed by atoms with Gasteiger partial charge in [0.2, 0.25) is 0 Å². The van der Waals surface area contributed by atoms with Crippen LogP contribution in [-0.4, -0.2) is 18.3 Å². The second-order valence-corrected chi connectivity index (χ2v) is 6.33. The Bertz CT molecular complexity index is 418. The van der Waals surface area contributed by atoms with E-state index in [2.05, 4.69) is 31.2 Å². The third-order valence-electron chi connectivity index (χ3n) is 4.87. The Hall–Kier alpha value is -1.02. The van der Waals surface area contributed by atoms with Crippen LogP contribution >= 0.6 is 0 Å². The Kier molecular flexibility index (Phi) is 4.30. The van der Waals surface area contributed by atoms with Gasteiger partial charge in [0.05, 0.1) is 11.7 Å². The van der Waals surface area contributed by atoms with Crippen molar-refractivity contribution in [2.75, 3.05) is 6.61 Å². The van der Waals surface area contributed by atoms with Gasteiger partial charge in [-0.1, -0.05) is 38.3 Å². The molecule has 1 aromatic rings. The summed E-state index contributed by atoms with van der Waals surface area (Å²) >= 11 is 0. The molecule has 20 heavy (non-hydrogen) atoms.